The fourth-order valence-electron chi connectivity index (χ4n) is 2.26. The van der Waals surface area contributed by atoms with Gasteiger partial charge >= 0.3 is 5.97 Å². The van der Waals surface area contributed by atoms with Gasteiger partial charge in [0.05, 0.1) is 15.4 Å². The van der Waals surface area contributed by atoms with Crippen molar-refractivity contribution in [3.63, 3.8) is 0 Å². The topological polar surface area (TPSA) is 66.4 Å². The van der Waals surface area contributed by atoms with Crippen molar-refractivity contribution < 1.29 is 14.7 Å². The van der Waals surface area contributed by atoms with Gasteiger partial charge in [0.2, 0.25) is 0 Å². The molecule has 0 aliphatic rings. The van der Waals surface area contributed by atoms with Crippen molar-refractivity contribution in [2.75, 3.05) is 5.32 Å². The summed E-state index contributed by atoms with van der Waals surface area (Å²) in [4.78, 5) is 25.3. The number of allylic oxidation sites excluding steroid dienone is 1. The highest BCUT2D eigenvalue weighted by molar-refractivity contribution is 9.10. The van der Waals surface area contributed by atoms with Crippen LogP contribution in [0.25, 0.3) is 10.4 Å². The zero-order valence-corrected chi connectivity index (χ0v) is 20.7. The third-order valence-corrected chi connectivity index (χ3v) is 6.29. The Balaban J connectivity index is 0.000000673. The van der Waals surface area contributed by atoms with Gasteiger partial charge in [0, 0.05) is 9.85 Å². The minimum Gasteiger partial charge on any atom is -0.478 e. The Hall–Kier alpha value is -2.22. The Labute approximate surface area is 194 Å². The van der Waals surface area contributed by atoms with E-state index in [1.54, 1.807) is 5.38 Å². The molecule has 7 heteroatoms. The molecule has 0 spiro atoms. The lowest BCUT2D eigenvalue weighted by atomic mass is 10.1. The van der Waals surface area contributed by atoms with E-state index in [2.05, 4.69) is 34.7 Å². The van der Waals surface area contributed by atoms with Crippen LogP contribution in [0.1, 0.15) is 52.8 Å². The van der Waals surface area contributed by atoms with Gasteiger partial charge in [-0.05, 0) is 48.1 Å². The molecule has 3 rings (SSSR count). The summed E-state index contributed by atoms with van der Waals surface area (Å²) >= 11 is 6.00. The largest absolute Gasteiger partial charge is 0.478 e. The van der Waals surface area contributed by atoms with Crippen molar-refractivity contribution in [1.82, 2.24) is 0 Å². The predicted molar refractivity (Wildman–Crippen MR) is 133 cm³/mol. The van der Waals surface area contributed by atoms with Crippen LogP contribution in [0.5, 0.6) is 0 Å². The number of aromatic carboxylic acids is 1. The van der Waals surface area contributed by atoms with Gasteiger partial charge < -0.3 is 10.4 Å². The molecule has 1 aromatic carbocycles. The van der Waals surface area contributed by atoms with Crippen LogP contribution in [0.4, 0.5) is 5.69 Å². The molecule has 0 bridgehead atoms. The maximum atomic E-state index is 12.4. The number of nitrogens with one attached hydrogen (secondary N) is 1. The molecule has 0 saturated heterocycles. The van der Waals surface area contributed by atoms with Crippen molar-refractivity contribution in [1.29, 1.82) is 0 Å². The Morgan fingerprint density at radius 1 is 1.17 bits per heavy atom. The smallest absolute Gasteiger partial charge is 0.339 e. The first-order valence-electron chi connectivity index (χ1n) is 9.46. The molecule has 0 aliphatic heterocycles. The number of carbonyl (C=O) groups excluding carboxylic acids is 1. The molecular formula is C23H26BrNO3S2. The second-order valence-electron chi connectivity index (χ2n) is 5.75. The van der Waals surface area contributed by atoms with Crippen LogP contribution < -0.4 is 5.32 Å². The third-order valence-electron chi connectivity index (χ3n) is 3.72. The number of halogens is 1. The van der Waals surface area contributed by atoms with Crippen molar-refractivity contribution in [2.24, 2.45) is 0 Å². The number of benzene rings is 1. The van der Waals surface area contributed by atoms with E-state index in [9.17, 15) is 14.7 Å². The molecule has 1 amide bonds. The van der Waals surface area contributed by atoms with E-state index in [1.165, 1.54) is 22.7 Å². The van der Waals surface area contributed by atoms with E-state index < -0.39 is 5.97 Å². The van der Waals surface area contributed by atoms with Crippen LogP contribution in [-0.4, -0.2) is 17.0 Å². The lowest BCUT2D eigenvalue weighted by Gasteiger charge is -2.06. The molecule has 0 unspecified atom stereocenters. The number of thiophene rings is 2. The average molecular weight is 509 g/mol. The first-order valence-corrected chi connectivity index (χ1v) is 12.0. The Kier molecular flexibility index (Phi) is 11.3. The molecule has 2 N–H and O–H groups in total. The first kappa shape index (κ1) is 25.8. The van der Waals surface area contributed by atoms with Crippen LogP contribution in [0.15, 0.2) is 58.2 Å². The highest BCUT2D eigenvalue weighted by Gasteiger charge is 2.22. The summed E-state index contributed by atoms with van der Waals surface area (Å²) in [5.74, 6) is -1.35. The molecule has 0 atom stereocenters. The average Bonchev–Trinajstić information content (AvgIpc) is 3.36. The van der Waals surface area contributed by atoms with E-state index in [4.69, 9.17) is 0 Å². The second kappa shape index (κ2) is 13.2. The molecule has 30 heavy (non-hydrogen) atoms. The number of hydrogen-bond acceptors (Lipinski definition) is 4. The number of hydrogen-bond donors (Lipinski definition) is 2. The number of aryl methyl sites for hydroxylation is 1. The standard InChI is InChI=1S/C17H12BrNO3S2.C4H8.C2H6/c1-9-6-7-23-14(9)16(20)19-12-8-24-15(13(12)17(21)22)10-2-4-11(18)5-3-10;1-3-4-2;1-2/h2-8H,1H3,(H,19,20)(H,21,22);3H,1,4H2,2H3;1-2H3. The van der Waals surface area contributed by atoms with Gasteiger partial charge in [0.25, 0.3) is 5.91 Å². The normalized spacial score (nSPS) is 9.50. The number of anilines is 1. The quantitative estimate of drug-likeness (QED) is 0.342. The summed E-state index contributed by atoms with van der Waals surface area (Å²) in [6.07, 6.45) is 2.96. The number of rotatable bonds is 5. The van der Waals surface area contributed by atoms with Gasteiger partial charge in [0.1, 0.15) is 5.56 Å². The Bertz CT molecular complexity index is 975. The van der Waals surface area contributed by atoms with Gasteiger partial charge in [-0.3, -0.25) is 4.79 Å². The zero-order valence-electron chi connectivity index (χ0n) is 17.5. The van der Waals surface area contributed by atoms with E-state index in [-0.39, 0.29) is 11.5 Å². The lowest BCUT2D eigenvalue weighted by molar-refractivity contribution is 0.0699. The lowest BCUT2D eigenvalue weighted by Crippen LogP contribution is -2.13. The molecule has 0 saturated carbocycles. The van der Waals surface area contributed by atoms with Gasteiger partial charge in [0.15, 0.2) is 0 Å². The summed E-state index contributed by atoms with van der Waals surface area (Å²) in [5, 5.41) is 15.8. The predicted octanol–water partition coefficient (Wildman–Crippen LogP) is 8.11. The summed E-state index contributed by atoms with van der Waals surface area (Å²) in [6, 6.07) is 9.26. The zero-order chi connectivity index (χ0) is 22.7. The number of amides is 1. The van der Waals surface area contributed by atoms with Crippen molar-refractivity contribution in [2.45, 2.75) is 34.1 Å². The number of carbonyl (C=O) groups is 2. The molecule has 4 nitrogen and oxygen atoms in total. The summed E-state index contributed by atoms with van der Waals surface area (Å²) < 4.78 is 0.918. The van der Waals surface area contributed by atoms with Crippen molar-refractivity contribution in [3.8, 4) is 10.4 Å². The minimum absolute atomic E-state index is 0.116. The Morgan fingerprint density at radius 3 is 2.23 bits per heavy atom. The molecule has 2 heterocycles. The summed E-state index contributed by atoms with van der Waals surface area (Å²) in [5.41, 5.74) is 2.11. The summed E-state index contributed by atoms with van der Waals surface area (Å²) in [7, 11) is 0. The van der Waals surface area contributed by atoms with Crippen molar-refractivity contribution in [3.05, 3.63) is 74.2 Å². The third kappa shape index (κ3) is 6.93. The van der Waals surface area contributed by atoms with Crippen LogP contribution >= 0.6 is 38.6 Å². The van der Waals surface area contributed by atoms with Gasteiger partial charge in [-0.15, -0.1) is 29.3 Å². The van der Waals surface area contributed by atoms with Gasteiger partial charge in [-0.1, -0.05) is 54.9 Å². The monoisotopic (exact) mass is 507 g/mol. The maximum absolute atomic E-state index is 12.4. The van der Waals surface area contributed by atoms with Gasteiger partial charge in [-0.2, -0.15) is 0 Å². The summed E-state index contributed by atoms with van der Waals surface area (Å²) in [6.45, 7) is 11.4. The van der Waals surface area contributed by atoms with E-state index in [0.29, 0.717) is 15.4 Å². The number of carboxylic acid groups (broad SMARTS) is 1. The van der Waals surface area contributed by atoms with Crippen LogP contribution in [-0.2, 0) is 0 Å². The fraction of sp³-hybridized carbons (Fsp3) is 0.217. The SMILES string of the molecule is C=CCC.CC.Cc1ccsc1C(=O)Nc1csc(-c2ccc(Br)cc2)c1C(=O)O. The highest BCUT2D eigenvalue weighted by Crippen LogP contribution is 2.37. The molecule has 3 aromatic rings. The molecule has 0 aliphatic carbocycles. The molecule has 0 radical (unpaired) electrons. The van der Waals surface area contributed by atoms with E-state index in [1.807, 2.05) is 62.6 Å². The van der Waals surface area contributed by atoms with E-state index in [0.717, 1.165) is 22.0 Å². The minimum atomic E-state index is -1.06. The fourth-order valence-corrected chi connectivity index (χ4v) is 4.34. The molecule has 160 valence electrons. The van der Waals surface area contributed by atoms with E-state index >= 15 is 0 Å². The Morgan fingerprint density at radius 2 is 1.77 bits per heavy atom. The van der Waals surface area contributed by atoms with Crippen LogP contribution in [0.2, 0.25) is 0 Å². The van der Waals surface area contributed by atoms with Gasteiger partial charge in [-0.25, -0.2) is 4.79 Å². The molecular weight excluding hydrogens is 482 g/mol. The second-order valence-corrected chi connectivity index (χ2v) is 8.46. The van der Waals surface area contributed by atoms with Crippen LogP contribution in [0, 0.1) is 6.92 Å². The molecule has 2 aromatic heterocycles. The maximum Gasteiger partial charge on any atom is 0.339 e. The van der Waals surface area contributed by atoms with Crippen LogP contribution in [0.3, 0.4) is 0 Å². The first-order chi connectivity index (χ1) is 14.4. The molecule has 0 fully saturated rings. The van der Waals surface area contributed by atoms with Crippen molar-refractivity contribution >= 4 is 56.2 Å². The highest BCUT2D eigenvalue weighted by atomic mass is 79.9. The number of carboxylic acids is 1.